The van der Waals surface area contributed by atoms with Crippen LogP contribution >= 0.6 is 15.6 Å². The fourth-order valence-electron chi connectivity index (χ4n) is 14.1. The molecule has 0 aromatic carbocycles. The lowest BCUT2D eigenvalue weighted by atomic mass is 10.0. The van der Waals surface area contributed by atoms with Crippen LogP contribution in [0.15, 0.2) is 0 Å². The SMILES string of the molecule is CCCCCCCCCCCCCCCCCCC(=O)O[C@H](COC(=O)CCCCCCCCCCC(C)C)COP(=O)(O)OC[C@H](O)COP(=O)(O)OC[C@@H](COC(=O)CCCCCCCCCCCCCCCCCCCCC(C)C)OC(=O)CCCCCCCCCCCCCCCCCCCCC(C)C. The average molecular weight is 1590 g/mol. The molecule has 0 spiro atoms. The van der Waals surface area contributed by atoms with Crippen LogP contribution in [0.4, 0.5) is 0 Å². The van der Waals surface area contributed by atoms with Crippen molar-refractivity contribution in [2.24, 2.45) is 17.8 Å². The highest BCUT2D eigenvalue weighted by Gasteiger charge is 2.31. The van der Waals surface area contributed by atoms with E-state index in [0.717, 1.165) is 108 Å². The smallest absolute Gasteiger partial charge is 0.462 e. The Morgan fingerprint density at radius 3 is 0.624 bits per heavy atom. The number of carbonyl (C=O) groups excluding carboxylic acids is 4. The summed E-state index contributed by atoms with van der Waals surface area (Å²) in [7, 11) is -9.93. The average Bonchev–Trinajstić information content (AvgIpc) is 0.898. The van der Waals surface area contributed by atoms with Crippen molar-refractivity contribution in [1.82, 2.24) is 0 Å². The summed E-state index contributed by atoms with van der Waals surface area (Å²) >= 11 is 0. The summed E-state index contributed by atoms with van der Waals surface area (Å²) in [5.74, 6) is 0.270. The van der Waals surface area contributed by atoms with Crippen LogP contribution in [-0.4, -0.2) is 96.7 Å². The first-order chi connectivity index (χ1) is 52.7. The van der Waals surface area contributed by atoms with E-state index in [0.29, 0.717) is 25.7 Å². The molecule has 0 saturated carbocycles. The first-order valence-corrected chi connectivity index (χ1v) is 49.3. The second kappa shape index (κ2) is 79.9. The maximum atomic E-state index is 13.2. The number of ether oxygens (including phenoxy) is 4. The molecule has 0 saturated heterocycles. The molecule has 19 heteroatoms. The van der Waals surface area contributed by atoms with Crippen molar-refractivity contribution >= 4 is 39.5 Å². The van der Waals surface area contributed by atoms with Gasteiger partial charge >= 0.3 is 39.5 Å². The number of phosphoric ester groups is 2. The van der Waals surface area contributed by atoms with E-state index < -0.39 is 97.5 Å². The van der Waals surface area contributed by atoms with Gasteiger partial charge in [0, 0.05) is 25.7 Å². The van der Waals surface area contributed by atoms with E-state index >= 15 is 0 Å². The van der Waals surface area contributed by atoms with Crippen molar-refractivity contribution in [2.75, 3.05) is 39.6 Å². The van der Waals surface area contributed by atoms with Gasteiger partial charge in [-0.15, -0.1) is 0 Å². The minimum absolute atomic E-state index is 0.108. The zero-order chi connectivity index (χ0) is 80.0. The van der Waals surface area contributed by atoms with E-state index in [1.54, 1.807) is 0 Å². The van der Waals surface area contributed by atoms with Crippen molar-refractivity contribution in [3.63, 3.8) is 0 Å². The van der Waals surface area contributed by atoms with Crippen molar-refractivity contribution in [2.45, 2.75) is 497 Å². The van der Waals surface area contributed by atoms with Gasteiger partial charge in [0.1, 0.15) is 19.3 Å². The Balaban J connectivity index is 5.23. The minimum atomic E-state index is -4.97. The predicted octanol–water partition coefficient (Wildman–Crippen LogP) is 27.6. The summed E-state index contributed by atoms with van der Waals surface area (Å²) in [6.07, 6.45) is 72.3. The number of hydrogen-bond donors (Lipinski definition) is 3. The number of aliphatic hydroxyl groups is 1. The summed E-state index contributed by atoms with van der Waals surface area (Å²) < 4.78 is 69.0. The lowest BCUT2D eigenvalue weighted by Crippen LogP contribution is -2.30. The zero-order valence-electron chi connectivity index (χ0n) is 72.0. The Kier molecular flexibility index (Phi) is 78.5. The third-order valence-electron chi connectivity index (χ3n) is 21.1. The van der Waals surface area contributed by atoms with Gasteiger partial charge < -0.3 is 33.8 Å². The quantitative estimate of drug-likeness (QED) is 0.0222. The summed E-state index contributed by atoms with van der Waals surface area (Å²) in [5, 5.41) is 10.7. The Labute approximate surface area is 670 Å². The first kappa shape index (κ1) is 107. The van der Waals surface area contributed by atoms with Gasteiger partial charge in [-0.25, -0.2) is 9.13 Å². The summed E-state index contributed by atoms with van der Waals surface area (Å²) in [5.41, 5.74) is 0. The molecule has 0 radical (unpaired) electrons. The highest BCUT2D eigenvalue weighted by atomic mass is 31.2. The lowest BCUT2D eigenvalue weighted by molar-refractivity contribution is -0.161. The van der Waals surface area contributed by atoms with Crippen LogP contribution in [0.3, 0.4) is 0 Å². The summed E-state index contributed by atoms with van der Waals surface area (Å²) in [4.78, 5) is 73.4. The van der Waals surface area contributed by atoms with E-state index in [9.17, 15) is 43.2 Å². The van der Waals surface area contributed by atoms with Crippen molar-refractivity contribution in [3.8, 4) is 0 Å². The maximum absolute atomic E-state index is 13.2. The van der Waals surface area contributed by atoms with Crippen LogP contribution in [0.2, 0.25) is 0 Å². The molecular formula is C90H176O17P2. The number of phosphoric acid groups is 2. The fourth-order valence-corrected chi connectivity index (χ4v) is 15.7. The number of hydrogen-bond acceptors (Lipinski definition) is 15. The molecule has 0 aliphatic heterocycles. The van der Waals surface area contributed by atoms with Gasteiger partial charge in [0.2, 0.25) is 0 Å². The molecule has 17 nitrogen and oxygen atoms in total. The van der Waals surface area contributed by atoms with Crippen LogP contribution < -0.4 is 0 Å². The largest absolute Gasteiger partial charge is 0.472 e. The highest BCUT2D eigenvalue weighted by molar-refractivity contribution is 7.47. The van der Waals surface area contributed by atoms with E-state index in [2.05, 4.69) is 48.5 Å². The van der Waals surface area contributed by atoms with E-state index in [1.807, 2.05) is 0 Å². The molecule has 0 amide bonds. The molecule has 0 rings (SSSR count). The molecule has 648 valence electrons. The van der Waals surface area contributed by atoms with Crippen molar-refractivity contribution in [1.29, 1.82) is 0 Å². The Hall–Kier alpha value is -1.94. The molecular weight excluding hydrogens is 1410 g/mol. The van der Waals surface area contributed by atoms with E-state index in [-0.39, 0.29) is 25.7 Å². The first-order valence-electron chi connectivity index (χ1n) is 46.3. The molecule has 2 unspecified atom stereocenters. The van der Waals surface area contributed by atoms with Gasteiger partial charge in [-0.1, -0.05) is 427 Å². The molecule has 5 atom stereocenters. The molecule has 0 aliphatic carbocycles. The molecule has 0 heterocycles. The molecule has 0 bridgehead atoms. The number of unbranched alkanes of at least 4 members (excludes halogenated alkanes) is 56. The van der Waals surface area contributed by atoms with Gasteiger partial charge in [0.15, 0.2) is 12.2 Å². The number of rotatable bonds is 88. The third kappa shape index (κ3) is 83.8. The molecule has 0 aromatic rings. The van der Waals surface area contributed by atoms with Gasteiger partial charge in [-0.3, -0.25) is 37.3 Å². The van der Waals surface area contributed by atoms with Crippen LogP contribution in [0, 0.1) is 17.8 Å². The van der Waals surface area contributed by atoms with Crippen molar-refractivity contribution in [3.05, 3.63) is 0 Å². The minimum Gasteiger partial charge on any atom is -0.462 e. The lowest BCUT2D eigenvalue weighted by Gasteiger charge is -2.21. The molecule has 0 aromatic heterocycles. The van der Waals surface area contributed by atoms with Gasteiger partial charge in [-0.05, 0) is 43.4 Å². The van der Waals surface area contributed by atoms with Gasteiger partial charge in [-0.2, -0.15) is 0 Å². The number of esters is 4. The maximum Gasteiger partial charge on any atom is 0.472 e. The van der Waals surface area contributed by atoms with E-state index in [4.69, 9.17) is 37.0 Å². The Morgan fingerprint density at radius 2 is 0.422 bits per heavy atom. The monoisotopic (exact) mass is 1590 g/mol. The third-order valence-corrected chi connectivity index (χ3v) is 23.0. The zero-order valence-corrected chi connectivity index (χ0v) is 73.8. The normalized spacial score (nSPS) is 13.8. The molecule has 109 heavy (non-hydrogen) atoms. The van der Waals surface area contributed by atoms with E-state index in [1.165, 1.54) is 289 Å². The molecule has 0 aliphatic rings. The second-order valence-corrected chi connectivity index (χ2v) is 36.7. The molecule has 0 fully saturated rings. The Bertz CT molecular complexity index is 2100. The molecule has 3 N–H and O–H groups in total. The number of carbonyl (C=O) groups is 4. The summed E-state index contributed by atoms with van der Waals surface area (Å²) in [6.45, 7) is 12.0. The Morgan fingerprint density at radius 1 is 0.248 bits per heavy atom. The van der Waals surface area contributed by atoms with Crippen LogP contribution in [0.1, 0.15) is 479 Å². The number of aliphatic hydroxyl groups excluding tert-OH is 1. The highest BCUT2D eigenvalue weighted by Crippen LogP contribution is 2.45. The van der Waals surface area contributed by atoms with Crippen LogP contribution in [0.5, 0.6) is 0 Å². The van der Waals surface area contributed by atoms with Crippen LogP contribution in [-0.2, 0) is 65.4 Å². The van der Waals surface area contributed by atoms with Gasteiger partial charge in [0.05, 0.1) is 26.4 Å². The fraction of sp³-hybridized carbons (Fsp3) is 0.956. The topological polar surface area (TPSA) is 237 Å². The second-order valence-electron chi connectivity index (χ2n) is 33.8. The predicted molar refractivity (Wildman–Crippen MR) is 451 cm³/mol. The summed E-state index contributed by atoms with van der Waals surface area (Å²) in [6, 6.07) is 0. The standard InChI is InChI=1S/C90H176O17P2/c1-8-9-10-11-12-13-14-15-16-27-33-38-43-52-59-66-73-90(95)107-86(78-101-88(93)72-65-58-51-46-45-49-56-63-70-83(6)7)80-105-109(98,99)103-76-84(91)75-102-108(96,97)104-79-85(106-89(94)74-67-60-53-44-39-34-29-24-20-18-22-26-31-36-41-48-55-62-69-82(4)5)77-100-87(92)71-64-57-50-42-37-32-28-23-19-17-21-25-30-35-40-47-54-61-68-81(2)3/h81-86,91H,8-80H2,1-7H3,(H,96,97)(H,98,99)/t84-,85-,86-/m1/s1. The van der Waals surface area contributed by atoms with Crippen molar-refractivity contribution < 1.29 is 80.2 Å². The van der Waals surface area contributed by atoms with Crippen LogP contribution in [0.25, 0.3) is 0 Å². The van der Waals surface area contributed by atoms with Gasteiger partial charge in [0.25, 0.3) is 0 Å².